The molecule has 3 aliphatic heterocycles. The molecule has 4 heterocycles. The number of benzene rings is 3. The fourth-order valence-corrected chi connectivity index (χ4v) is 8.67. The summed E-state index contributed by atoms with van der Waals surface area (Å²) in [4.78, 5) is 58.1. The number of nitrogens with zero attached hydrogens (tertiary/aromatic N) is 6. The Morgan fingerprint density at radius 3 is 2.46 bits per heavy atom. The third-order valence-electron chi connectivity index (χ3n) is 12.5. The maximum absolute atomic E-state index is 13.6. The van der Waals surface area contributed by atoms with Crippen LogP contribution in [-0.4, -0.2) is 97.9 Å². The van der Waals surface area contributed by atoms with E-state index in [9.17, 15) is 39.0 Å². The van der Waals surface area contributed by atoms with Crippen molar-refractivity contribution in [2.24, 2.45) is 5.92 Å². The van der Waals surface area contributed by atoms with Crippen LogP contribution in [0.3, 0.4) is 0 Å². The predicted octanol–water partition coefficient (Wildman–Crippen LogP) is 4.15. The lowest BCUT2D eigenvalue weighted by Gasteiger charge is -2.34. The van der Waals surface area contributed by atoms with Gasteiger partial charge >= 0.3 is 0 Å². The van der Waals surface area contributed by atoms with E-state index in [0.717, 1.165) is 65.4 Å². The van der Waals surface area contributed by atoms with Gasteiger partial charge in [0, 0.05) is 77.0 Å². The van der Waals surface area contributed by atoms with Gasteiger partial charge in [-0.15, -0.1) is 0 Å². The van der Waals surface area contributed by atoms with E-state index in [1.165, 1.54) is 17.0 Å². The van der Waals surface area contributed by atoms with Crippen LogP contribution in [0.4, 0.5) is 10.1 Å². The number of carbonyl (C=O) groups excluding carboxylic acids is 4. The molecule has 4 amide bonds. The molecule has 3 aromatic carbocycles. The number of aliphatic hydroxyl groups excluding tert-OH is 1. The van der Waals surface area contributed by atoms with Gasteiger partial charge in [-0.25, -0.2) is 9.07 Å². The monoisotopic (exact) mass is 832 g/mol. The van der Waals surface area contributed by atoms with Crippen LogP contribution < -0.4 is 15.5 Å². The summed E-state index contributed by atoms with van der Waals surface area (Å²) in [5.74, 6) is -1.95. The van der Waals surface area contributed by atoms with Gasteiger partial charge in [-0.1, -0.05) is 24.3 Å². The van der Waals surface area contributed by atoms with E-state index in [2.05, 4.69) is 32.8 Å². The molecule has 61 heavy (non-hydrogen) atoms. The fraction of sp³-hybridized carbons (Fsp3) is 0.435. The highest BCUT2D eigenvalue weighted by molar-refractivity contribution is 5.94. The second kappa shape index (κ2) is 18.2. The summed E-state index contributed by atoms with van der Waals surface area (Å²) >= 11 is 0. The molecule has 0 radical (unpaired) electrons. The molecule has 0 saturated carbocycles. The molecule has 0 aliphatic carbocycles. The van der Waals surface area contributed by atoms with E-state index in [4.69, 9.17) is 0 Å². The van der Waals surface area contributed by atoms with Crippen LogP contribution >= 0.6 is 0 Å². The van der Waals surface area contributed by atoms with Gasteiger partial charge in [-0.05, 0) is 110 Å². The van der Waals surface area contributed by atoms with Crippen molar-refractivity contribution in [3.05, 3.63) is 112 Å². The standard InChI is InChI=1S/C46H53FN8O6/c1-29-21-34(33-15-20-53(26-33)42(57)12-11-41(56)49-25-31-13-18-52(19-14-31)40-10-7-37(47)23-35(40)24-48)22-36-27-54(28-39(29)36)44(59)43(58)46(3,61)45(60)51-30(2)32-5-8-38(9-6-32)55-17-4-16-50-55/h4-10,16-17,21-23,30-31,33,43,58,61H,11-15,18-20,25-28H2,1-3H3,(H,49,56)(H,51,60)/t30-,33?,43+,46-/m1/s1. The summed E-state index contributed by atoms with van der Waals surface area (Å²) in [7, 11) is 0. The number of aliphatic hydroxyl groups is 2. The number of piperidine rings is 1. The lowest BCUT2D eigenvalue weighted by Crippen LogP contribution is -2.58. The molecular formula is C46H53FN8O6. The third kappa shape index (κ3) is 9.61. The number of rotatable bonds is 13. The lowest BCUT2D eigenvalue weighted by atomic mass is 9.92. The summed E-state index contributed by atoms with van der Waals surface area (Å²) in [6.45, 7) is 8.30. The van der Waals surface area contributed by atoms with E-state index in [-0.39, 0.29) is 49.6 Å². The molecule has 2 saturated heterocycles. The van der Waals surface area contributed by atoms with Crippen molar-refractivity contribution in [2.45, 2.75) is 89.6 Å². The lowest BCUT2D eigenvalue weighted by molar-refractivity contribution is -0.166. The Morgan fingerprint density at radius 1 is 1.00 bits per heavy atom. The number of likely N-dealkylation sites (tertiary alicyclic amines) is 1. The van der Waals surface area contributed by atoms with Gasteiger partial charge in [0.25, 0.3) is 11.8 Å². The van der Waals surface area contributed by atoms with Gasteiger partial charge in [0.1, 0.15) is 11.9 Å². The van der Waals surface area contributed by atoms with Crippen molar-refractivity contribution >= 4 is 29.3 Å². The Labute approximate surface area is 354 Å². The molecule has 320 valence electrons. The molecule has 0 spiro atoms. The number of halogens is 1. The Balaban J connectivity index is 0.852. The molecule has 3 aliphatic rings. The maximum atomic E-state index is 13.6. The molecule has 0 bridgehead atoms. The number of nitrogens with one attached hydrogen (secondary N) is 2. The topological polar surface area (TPSA) is 184 Å². The number of anilines is 1. The molecule has 1 aromatic heterocycles. The summed E-state index contributed by atoms with van der Waals surface area (Å²) in [6.07, 6.45) is 4.10. The fourth-order valence-electron chi connectivity index (χ4n) is 8.67. The minimum Gasteiger partial charge on any atom is -0.380 e. The molecule has 2 fully saturated rings. The van der Waals surface area contributed by atoms with E-state index in [1.54, 1.807) is 28.8 Å². The first-order chi connectivity index (χ1) is 29.2. The summed E-state index contributed by atoms with van der Waals surface area (Å²) < 4.78 is 15.3. The summed E-state index contributed by atoms with van der Waals surface area (Å²) in [6, 6.07) is 19.1. The van der Waals surface area contributed by atoms with Crippen molar-refractivity contribution in [2.75, 3.05) is 37.6 Å². The zero-order valence-electron chi connectivity index (χ0n) is 34.8. The number of aryl methyl sites for hydroxylation is 1. The van der Waals surface area contributed by atoms with E-state index in [0.29, 0.717) is 38.3 Å². The highest BCUT2D eigenvalue weighted by Gasteiger charge is 2.46. The van der Waals surface area contributed by atoms with Crippen molar-refractivity contribution in [3.63, 3.8) is 0 Å². The Morgan fingerprint density at radius 2 is 1.75 bits per heavy atom. The number of hydrogen-bond acceptors (Lipinski definition) is 9. The third-order valence-corrected chi connectivity index (χ3v) is 12.5. The van der Waals surface area contributed by atoms with Gasteiger partial charge in [0.15, 0.2) is 11.7 Å². The minimum atomic E-state index is -2.40. The predicted molar refractivity (Wildman–Crippen MR) is 224 cm³/mol. The van der Waals surface area contributed by atoms with Crippen LogP contribution in [-0.2, 0) is 32.3 Å². The van der Waals surface area contributed by atoms with Crippen molar-refractivity contribution in [3.8, 4) is 11.8 Å². The number of carbonyl (C=O) groups is 4. The van der Waals surface area contributed by atoms with Gasteiger partial charge in [0.2, 0.25) is 11.8 Å². The second-order valence-electron chi connectivity index (χ2n) is 16.8. The Bertz CT molecular complexity index is 2300. The number of fused-ring (bicyclic) bond motifs is 1. The summed E-state index contributed by atoms with van der Waals surface area (Å²) in [5, 5.41) is 41.6. The molecule has 14 nitrogen and oxygen atoms in total. The maximum Gasteiger partial charge on any atom is 0.255 e. The molecule has 4 atom stereocenters. The van der Waals surface area contributed by atoms with E-state index >= 15 is 0 Å². The number of hydrogen-bond donors (Lipinski definition) is 4. The smallest absolute Gasteiger partial charge is 0.255 e. The first kappa shape index (κ1) is 43.0. The Hall–Kier alpha value is -6.11. The summed E-state index contributed by atoms with van der Waals surface area (Å²) in [5.41, 5.74) is 4.14. The molecule has 4 N–H and O–H groups in total. The Kier molecular flexibility index (Phi) is 12.9. The van der Waals surface area contributed by atoms with Crippen LogP contribution in [0.2, 0.25) is 0 Å². The average Bonchev–Trinajstić information content (AvgIpc) is 4.07. The van der Waals surface area contributed by atoms with E-state index < -0.39 is 35.4 Å². The van der Waals surface area contributed by atoms with E-state index in [1.807, 2.05) is 49.5 Å². The largest absolute Gasteiger partial charge is 0.380 e. The second-order valence-corrected chi connectivity index (χ2v) is 16.8. The van der Waals surface area contributed by atoms with Gasteiger partial charge < -0.3 is 35.5 Å². The zero-order valence-corrected chi connectivity index (χ0v) is 34.8. The highest BCUT2D eigenvalue weighted by atomic mass is 19.1. The van der Waals surface area contributed by atoms with Crippen molar-refractivity contribution < 1.29 is 33.8 Å². The normalized spacial score (nSPS) is 18.5. The first-order valence-electron chi connectivity index (χ1n) is 20.9. The molecule has 7 rings (SSSR count). The van der Waals surface area contributed by atoms with Gasteiger partial charge in [-0.3, -0.25) is 19.2 Å². The molecular weight excluding hydrogens is 780 g/mol. The number of amides is 4. The van der Waals surface area contributed by atoms with Crippen LogP contribution in [0, 0.1) is 30.0 Å². The quantitative estimate of drug-likeness (QED) is 0.154. The van der Waals surface area contributed by atoms with Crippen LogP contribution in [0.5, 0.6) is 0 Å². The minimum absolute atomic E-state index is 0.0732. The highest BCUT2D eigenvalue weighted by Crippen LogP contribution is 2.35. The molecule has 15 heteroatoms. The number of nitriles is 1. The average molecular weight is 833 g/mol. The molecule has 4 aromatic rings. The zero-order chi connectivity index (χ0) is 43.4. The van der Waals surface area contributed by atoms with Crippen LogP contribution in [0.15, 0.2) is 73.1 Å². The van der Waals surface area contributed by atoms with Crippen molar-refractivity contribution in [1.82, 2.24) is 30.2 Å². The molecule has 1 unspecified atom stereocenters. The van der Waals surface area contributed by atoms with Crippen LogP contribution in [0.1, 0.15) is 91.3 Å². The SMILES string of the molecule is Cc1cc(C2CCN(C(=O)CCC(=O)NCC3CCN(c4ccc(F)cc4C#N)CC3)C2)cc2c1CN(C(=O)[C@H](O)[C@@](C)(O)C(=O)N[C@H](C)c1ccc(-n3cccn3)cc1)C2. The van der Waals surface area contributed by atoms with Gasteiger partial charge in [-0.2, -0.15) is 10.4 Å². The van der Waals surface area contributed by atoms with Gasteiger partial charge in [0.05, 0.1) is 23.0 Å². The van der Waals surface area contributed by atoms with Crippen LogP contribution in [0.25, 0.3) is 5.69 Å². The number of aromatic nitrogens is 2. The van der Waals surface area contributed by atoms with Crippen molar-refractivity contribution in [1.29, 1.82) is 5.26 Å². The first-order valence-corrected chi connectivity index (χ1v) is 20.9.